The molecule has 0 aliphatic heterocycles. The zero-order chi connectivity index (χ0) is 11.7. The number of hydrogen-bond acceptors (Lipinski definition) is 3. The third-order valence-electron chi connectivity index (χ3n) is 3.67. The van der Waals surface area contributed by atoms with E-state index in [-0.39, 0.29) is 6.04 Å². The van der Waals surface area contributed by atoms with Gasteiger partial charge in [0.1, 0.15) is 0 Å². The van der Waals surface area contributed by atoms with Crippen LogP contribution in [-0.2, 0) is 12.8 Å². The smallest absolute Gasteiger partial charge is 0.0149 e. The largest absolute Gasteiger partial charge is 0.327 e. The predicted molar refractivity (Wildman–Crippen MR) is 76.0 cm³/mol. The summed E-state index contributed by atoms with van der Waals surface area (Å²) in [6.07, 6.45) is 4.84. The molecule has 0 fully saturated rings. The topological polar surface area (TPSA) is 26.0 Å². The quantitative estimate of drug-likeness (QED) is 0.895. The first-order chi connectivity index (χ1) is 8.34. The monoisotopic (exact) mass is 263 g/mol. The molecule has 3 heteroatoms. The first kappa shape index (κ1) is 11.5. The molecule has 90 valence electrons. The average Bonchev–Trinajstić information content (AvgIpc) is 2.97. The molecule has 1 aliphatic rings. The van der Waals surface area contributed by atoms with Crippen LogP contribution in [0.1, 0.15) is 34.8 Å². The van der Waals surface area contributed by atoms with Crippen LogP contribution in [0.3, 0.4) is 0 Å². The Morgan fingerprint density at radius 3 is 3.12 bits per heavy atom. The highest BCUT2D eigenvalue weighted by molar-refractivity contribution is 7.10. The zero-order valence-electron chi connectivity index (χ0n) is 9.76. The highest BCUT2D eigenvalue weighted by Gasteiger charge is 2.26. The second-order valence-electron chi connectivity index (χ2n) is 4.80. The molecule has 0 radical (unpaired) electrons. The van der Waals surface area contributed by atoms with Gasteiger partial charge in [-0.1, -0.05) is 0 Å². The Labute approximate surface area is 110 Å². The molecule has 1 nitrogen and oxygen atoms in total. The predicted octanol–water partition coefficient (Wildman–Crippen LogP) is 3.80. The van der Waals surface area contributed by atoms with Crippen molar-refractivity contribution in [2.24, 2.45) is 5.73 Å². The second-order valence-corrected chi connectivity index (χ2v) is 6.58. The van der Waals surface area contributed by atoms with Gasteiger partial charge in [0.25, 0.3) is 0 Å². The molecule has 0 aromatic carbocycles. The molecule has 17 heavy (non-hydrogen) atoms. The maximum absolute atomic E-state index is 6.42. The Morgan fingerprint density at radius 2 is 2.29 bits per heavy atom. The summed E-state index contributed by atoms with van der Waals surface area (Å²) >= 11 is 3.66. The Hall–Kier alpha value is -0.640. The lowest BCUT2D eigenvalue weighted by Crippen LogP contribution is -2.32. The molecule has 2 aromatic rings. The zero-order valence-corrected chi connectivity index (χ0v) is 11.4. The van der Waals surface area contributed by atoms with Crippen molar-refractivity contribution in [3.63, 3.8) is 0 Å². The van der Waals surface area contributed by atoms with Gasteiger partial charge >= 0.3 is 0 Å². The van der Waals surface area contributed by atoms with Gasteiger partial charge in [-0.15, -0.1) is 11.3 Å². The number of hydrogen-bond donors (Lipinski definition) is 1. The summed E-state index contributed by atoms with van der Waals surface area (Å²) in [7, 11) is 0. The van der Waals surface area contributed by atoms with Gasteiger partial charge in [-0.2, -0.15) is 11.3 Å². The summed E-state index contributed by atoms with van der Waals surface area (Å²) in [4.78, 5) is 1.57. The number of nitrogens with two attached hydrogens (primary N) is 1. The normalized spacial score (nSPS) is 21.1. The van der Waals surface area contributed by atoms with E-state index in [1.54, 1.807) is 16.2 Å². The van der Waals surface area contributed by atoms with Crippen LogP contribution in [0.4, 0.5) is 0 Å². The van der Waals surface area contributed by atoms with E-state index < -0.39 is 0 Å². The van der Waals surface area contributed by atoms with Gasteiger partial charge in [0.05, 0.1) is 0 Å². The van der Waals surface area contributed by atoms with Crippen LogP contribution in [0.5, 0.6) is 0 Å². The molecule has 1 aliphatic carbocycles. The third-order valence-corrected chi connectivity index (χ3v) is 5.40. The number of rotatable bonds is 3. The molecule has 0 bridgehead atoms. The van der Waals surface area contributed by atoms with E-state index >= 15 is 0 Å². The lowest BCUT2D eigenvalue weighted by Gasteiger charge is -2.28. The number of fused-ring (bicyclic) bond motifs is 1. The molecule has 3 rings (SSSR count). The Morgan fingerprint density at radius 1 is 1.35 bits per heavy atom. The van der Waals surface area contributed by atoms with Crippen molar-refractivity contribution in [3.05, 3.63) is 44.3 Å². The molecule has 0 saturated heterocycles. The SMILES string of the molecule is NC(Cc1ccsc1)C1CCCc2sccc21. The Bertz CT molecular complexity index is 472. The summed E-state index contributed by atoms with van der Waals surface area (Å²) in [6.45, 7) is 0. The van der Waals surface area contributed by atoms with Crippen LogP contribution in [0, 0.1) is 0 Å². The standard InChI is InChI=1S/C14H17NS2/c15-13(8-10-4-6-16-9-10)11-2-1-3-14-12(11)5-7-17-14/h4-7,9,11,13H,1-3,8,15H2. The summed E-state index contributed by atoms with van der Waals surface area (Å²) in [5.74, 6) is 0.574. The molecule has 0 spiro atoms. The van der Waals surface area contributed by atoms with Crippen LogP contribution in [-0.4, -0.2) is 6.04 Å². The number of thiophene rings is 2. The van der Waals surface area contributed by atoms with Gasteiger partial charge in [0, 0.05) is 16.8 Å². The maximum atomic E-state index is 6.42. The highest BCUT2D eigenvalue weighted by Crippen LogP contribution is 2.37. The molecule has 2 aromatic heterocycles. The van der Waals surface area contributed by atoms with Crippen molar-refractivity contribution in [2.75, 3.05) is 0 Å². The Balaban J connectivity index is 1.77. The van der Waals surface area contributed by atoms with E-state index in [4.69, 9.17) is 5.73 Å². The van der Waals surface area contributed by atoms with Gasteiger partial charge in [0.2, 0.25) is 0 Å². The fraction of sp³-hybridized carbons (Fsp3) is 0.429. The summed E-state index contributed by atoms with van der Waals surface area (Å²) in [5, 5.41) is 6.58. The molecule has 2 atom stereocenters. The van der Waals surface area contributed by atoms with Crippen molar-refractivity contribution in [1.29, 1.82) is 0 Å². The van der Waals surface area contributed by atoms with E-state index in [2.05, 4.69) is 28.3 Å². The van der Waals surface area contributed by atoms with Crippen molar-refractivity contribution < 1.29 is 0 Å². The van der Waals surface area contributed by atoms with E-state index in [0.717, 1.165) is 6.42 Å². The van der Waals surface area contributed by atoms with E-state index in [9.17, 15) is 0 Å². The summed E-state index contributed by atoms with van der Waals surface area (Å²) in [6, 6.07) is 4.76. The van der Waals surface area contributed by atoms with E-state index in [0.29, 0.717) is 5.92 Å². The van der Waals surface area contributed by atoms with Crippen LogP contribution >= 0.6 is 22.7 Å². The highest BCUT2D eigenvalue weighted by atomic mass is 32.1. The molecule has 2 N–H and O–H groups in total. The van der Waals surface area contributed by atoms with Crippen LogP contribution in [0.25, 0.3) is 0 Å². The van der Waals surface area contributed by atoms with Gasteiger partial charge in [-0.25, -0.2) is 0 Å². The van der Waals surface area contributed by atoms with Gasteiger partial charge in [0.15, 0.2) is 0 Å². The minimum absolute atomic E-state index is 0.276. The molecular weight excluding hydrogens is 246 g/mol. The van der Waals surface area contributed by atoms with Crippen molar-refractivity contribution in [3.8, 4) is 0 Å². The molecule has 2 unspecified atom stereocenters. The lowest BCUT2D eigenvalue weighted by atomic mass is 9.81. The van der Waals surface area contributed by atoms with Gasteiger partial charge in [-0.05, 0) is 65.1 Å². The molecular formula is C14H17NS2. The lowest BCUT2D eigenvalue weighted by molar-refractivity contribution is 0.464. The van der Waals surface area contributed by atoms with Gasteiger partial charge < -0.3 is 5.73 Å². The van der Waals surface area contributed by atoms with Crippen LogP contribution in [0.15, 0.2) is 28.3 Å². The second kappa shape index (κ2) is 4.92. The minimum Gasteiger partial charge on any atom is -0.327 e. The molecule has 0 amide bonds. The summed E-state index contributed by atoms with van der Waals surface area (Å²) < 4.78 is 0. The van der Waals surface area contributed by atoms with Crippen LogP contribution < -0.4 is 5.73 Å². The van der Waals surface area contributed by atoms with Crippen molar-refractivity contribution >= 4 is 22.7 Å². The fourth-order valence-corrected chi connectivity index (χ4v) is 4.47. The van der Waals surface area contributed by atoms with Crippen LogP contribution in [0.2, 0.25) is 0 Å². The van der Waals surface area contributed by atoms with Gasteiger partial charge in [-0.3, -0.25) is 0 Å². The summed E-state index contributed by atoms with van der Waals surface area (Å²) in [5.41, 5.74) is 9.35. The van der Waals surface area contributed by atoms with E-state index in [1.165, 1.54) is 30.4 Å². The Kier molecular flexibility index (Phi) is 3.32. The number of aryl methyl sites for hydroxylation is 1. The third kappa shape index (κ3) is 2.32. The fourth-order valence-electron chi connectivity index (χ4n) is 2.79. The molecule has 2 heterocycles. The van der Waals surface area contributed by atoms with Crippen molar-refractivity contribution in [2.45, 2.75) is 37.6 Å². The first-order valence-electron chi connectivity index (χ1n) is 6.17. The maximum Gasteiger partial charge on any atom is 0.0149 e. The van der Waals surface area contributed by atoms with Crippen molar-refractivity contribution in [1.82, 2.24) is 0 Å². The molecule has 0 saturated carbocycles. The van der Waals surface area contributed by atoms with E-state index in [1.807, 2.05) is 11.3 Å². The minimum atomic E-state index is 0.276. The average molecular weight is 263 g/mol. The first-order valence-corrected chi connectivity index (χ1v) is 8.00.